The number of nitrogens with one attached hydrogen (secondary N) is 1. The van der Waals surface area contributed by atoms with Gasteiger partial charge in [0.05, 0.1) is 25.4 Å². The van der Waals surface area contributed by atoms with E-state index in [1.54, 1.807) is 6.08 Å². The van der Waals surface area contributed by atoms with E-state index in [0.717, 1.165) is 77.0 Å². The monoisotopic (exact) mass is 1290 g/mol. The number of carbonyl (C=O) groups excluding carboxylic acids is 1. The molecule has 1 heterocycles. The first-order chi connectivity index (χ1) is 45.3. The van der Waals surface area contributed by atoms with Gasteiger partial charge in [0.15, 0.2) is 6.29 Å². The lowest BCUT2D eigenvalue weighted by molar-refractivity contribution is -0.302. The molecule has 0 aromatic heterocycles. The zero-order valence-corrected chi connectivity index (χ0v) is 60.0. The highest BCUT2D eigenvalue weighted by atomic mass is 16.7. The molecule has 9 heteroatoms. The SMILES string of the molecule is CC/C=C\C/C=C\C/C=C\C/C=C\C/C=C\C/C=C\CCCCCCCCCCCCCCCCCCCCCCCCC(=O)NC(COC1OC(CO)C(O)C(O)C1O)C(O)/C=C/CC/C=C/CCCCCCCCCCCCCCCCCCCCCCCC. The molecule has 7 unspecified atom stereocenters. The van der Waals surface area contributed by atoms with Gasteiger partial charge >= 0.3 is 0 Å². The van der Waals surface area contributed by atoms with Gasteiger partial charge in [0, 0.05) is 6.42 Å². The molecule has 0 saturated carbocycles. The fraction of sp³-hybridized carbons (Fsp3) is 0.795. The Labute approximate surface area is 568 Å². The predicted octanol–water partition coefficient (Wildman–Crippen LogP) is 22.6. The van der Waals surface area contributed by atoms with E-state index >= 15 is 0 Å². The molecule has 0 aromatic rings. The zero-order valence-electron chi connectivity index (χ0n) is 60.0. The molecule has 1 aliphatic heterocycles. The van der Waals surface area contributed by atoms with E-state index in [4.69, 9.17) is 9.47 Å². The Morgan fingerprint density at radius 1 is 0.380 bits per heavy atom. The van der Waals surface area contributed by atoms with Gasteiger partial charge in [-0.2, -0.15) is 0 Å². The van der Waals surface area contributed by atoms with Gasteiger partial charge < -0.3 is 40.3 Å². The highest BCUT2D eigenvalue weighted by molar-refractivity contribution is 5.76. The number of amides is 1. The number of hydrogen-bond donors (Lipinski definition) is 6. The van der Waals surface area contributed by atoms with Crippen LogP contribution >= 0.6 is 0 Å². The van der Waals surface area contributed by atoms with Gasteiger partial charge in [-0.15, -0.1) is 0 Å². The van der Waals surface area contributed by atoms with Crippen LogP contribution in [0.15, 0.2) is 97.2 Å². The van der Waals surface area contributed by atoms with E-state index in [9.17, 15) is 30.3 Å². The molecule has 7 atom stereocenters. The molecule has 0 aliphatic carbocycles. The molecule has 0 radical (unpaired) electrons. The van der Waals surface area contributed by atoms with Crippen molar-refractivity contribution in [1.29, 1.82) is 0 Å². The Balaban J connectivity index is 2.08. The molecule has 1 saturated heterocycles. The lowest BCUT2D eigenvalue weighted by Gasteiger charge is -2.40. The second kappa shape index (κ2) is 70.9. The minimum atomic E-state index is -1.58. The Bertz CT molecular complexity index is 1780. The van der Waals surface area contributed by atoms with Gasteiger partial charge in [-0.05, 0) is 83.5 Å². The van der Waals surface area contributed by atoms with Crippen molar-refractivity contribution in [2.24, 2.45) is 0 Å². The maximum Gasteiger partial charge on any atom is 0.220 e. The minimum Gasteiger partial charge on any atom is -0.394 e. The number of aliphatic hydroxyl groups is 5. The zero-order chi connectivity index (χ0) is 66.4. The van der Waals surface area contributed by atoms with Crippen molar-refractivity contribution in [3.05, 3.63) is 97.2 Å². The molecule has 534 valence electrons. The van der Waals surface area contributed by atoms with Crippen molar-refractivity contribution >= 4 is 5.91 Å². The molecule has 0 bridgehead atoms. The first-order valence-electron chi connectivity index (χ1n) is 39.5. The number of unbranched alkanes of at least 4 members (excludes halogenated alkanes) is 45. The van der Waals surface area contributed by atoms with Gasteiger partial charge in [0.2, 0.25) is 5.91 Å². The highest BCUT2D eigenvalue weighted by Gasteiger charge is 2.44. The van der Waals surface area contributed by atoms with Crippen LogP contribution in [0, 0.1) is 0 Å². The van der Waals surface area contributed by atoms with Gasteiger partial charge in [-0.25, -0.2) is 0 Å². The summed E-state index contributed by atoms with van der Waals surface area (Å²) >= 11 is 0. The van der Waals surface area contributed by atoms with E-state index in [0.29, 0.717) is 6.42 Å². The van der Waals surface area contributed by atoms with Crippen LogP contribution in [-0.2, 0) is 14.3 Å². The summed E-state index contributed by atoms with van der Waals surface area (Å²) in [6.07, 6.45) is 97.0. The summed E-state index contributed by atoms with van der Waals surface area (Å²) in [5, 5.41) is 54.9. The molecule has 0 spiro atoms. The minimum absolute atomic E-state index is 0.182. The van der Waals surface area contributed by atoms with Crippen LogP contribution in [0.2, 0.25) is 0 Å². The molecular weight excluding hydrogens is 1140 g/mol. The van der Waals surface area contributed by atoms with Crippen LogP contribution in [0.3, 0.4) is 0 Å². The van der Waals surface area contributed by atoms with Crippen molar-refractivity contribution in [3.8, 4) is 0 Å². The molecule has 1 aliphatic rings. The third kappa shape index (κ3) is 58.5. The van der Waals surface area contributed by atoms with Crippen molar-refractivity contribution in [3.63, 3.8) is 0 Å². The van der Waals surface area contributed by atoms with E-state index in [1.165, 1.54) is 270 Å². The number of aliphatic hydroxyl groups excluding tert-OH is 5. The number of carbonyl (C=O) groups is 1. The molecule has 1 fully saturated rings. The van der Waals surface area contributed by atoms with Crippen LogP contribution in [0.5, 0.6) is 0 Å². The van der Waals surface area contributed by atoms with Crippen LogP contribution in [0.4, 0.5) is 0 Å². The summed E-state index contributed by atoms with van der Waals surface area (Å²) in [4.78, 5) is 13.2. The number of rotatable bonds is 69. The second-order valence-electron chi connectivity index (χ2n) is 27.1. The fourth-order valence-electron chi connectivity index (χ4n) is 12.3. The van der Waals surface area contributed by atoms with Crippen molar-refractivity contribution in [1.82, 2.24) is 5.32 Å². The Hall–Kier alpha value is -2.89. The van der Waals surface area contributed by atoms with E-state index in [-0.39, 0.29) is 12.5 Å². The molecule has 92 heavy (non-hydrogen) atoms. The third-order valence-electron chi connectivity index (χ3n) is 18.4. The summed E-state index contributed by atoms with van der Waals surface area (Å²) in [5.41, 5.74) is 0. The van der Waals surface area contributed by atoms with Crippen molar-refractivity contribution < 1.29 is 39.8 Å². The Morgan fingerprint density at radius 3 is 1.04 bits per heavy atom. The maximum atomic E-state index is 13.2. The van der Waals surface area contributed by atoms with E-state index in [1.807, 2.05) is 6.08 Å². The number of ether oxygens (including phenoxy) is 2. The largest absolute Gasteiger partial charge is 0.394 e. The fourth-order valence-corrected chi connectivity index (χ4v) is 12.3. The average Bonchev–Trinajstić information content (AvgIpc) is 1.00. The molecular formula is C83H149NO8. The maximum absolute atomic E-state index is 13.2. The molecule has 1 rings (SSSR count). The smallest absolute Gasteiger partial charge is 0.220 e. The van der Waals surface area contributed by atoms with Crippen LogP contribution in [0.25, 0.3) is 0 Å². The standard InChI is InChI=1S/C83H149NO8/c1-3-5-7-9-11-13-15-17-19-21-23-25-27-29-31-33-34-35-36-37-38-39-40-41-42-43-44-45-47-49-51-53-55-57-59-61-63-65-67-69-71-73-79(87)84-76(75-91-83-82(90)81(89)80(88)78(74-85)92-83)77(86)72-70-68-66-64-62-60-58-56-54-52-50-48-46-32-30-28-26-24-22-20-18-16-14-12-10-8-6-4-2/h5,7,11,13,17,19,23,25,29,31,34-35,62,64,70,72,76-78,80-83,85-86,88-90H,3-4,6,8-10,12,14-16,18,20-22,24,26-28,30,32-33,36-61,63,65-69,71,73-75H2,1-2H3,(H,84,87)/b7-5-,13-11-,19-17-,25-23-,31-29-,35-34-,64-62+,72-70+. The summed E-state index contributed by atoms with van der Waals surface area (Å²) in [6, 6.07) is -0.826. The number of hydrogen-bond acceptors (Lipinski definition) is 8. The van der Waals surface area contributed by atoms with Crippen LogP contribution < -0.4 is 5.32 Å². The summed E-state index contributed by atoms with van der Waals surface area (Å²) in [7, 11) is 0. The van der Waals surface area contributed by atoms with Gasteiger partial charge in [-0.1, -0.05) is 374 Å². The van der Waals surface area contributed by atoms with Crippen LogP contribution in [0.1, 0.15) is 367 Å². The van der Waals surface area contributed by atoms with Crippen molar-refractivity contribution in [2.45, 2.75) is 410 Å². The quantitative estimate of drug-likeness (QED) is 0.0261. The van der Waals surface area contributed by atoms with E-state index in [2.05, 4.69) is 104 Å². The lowest BCUT2D eigenvalue weighted by Crippen LogP contribution is -2.60. The molecule has 1 amide bonds. The van der Waals surface area contributed by atoms with Gasteiger partial charge in [-0.3, -0.25) is 4.79 Å². The Kier molecular flexibility index (Phi) is 67.1. The normalized spacial score (nSPS) is 18.2. The third-order valence-corrected chi connectivity index (χ3v) is 18.4. The predicted molar refractivity (Wildman–Crippen MR) is 396 cm³/mol. The second-order valence-corrected chi connectivity index (χ2v) is 27.1. The summed E-state index contributed by atoms with van der Waals surface area (Å²) in [6.45, 7) is 3.69. The molecule has 6 N–H and O–H groups in total. The first kappa shape index (κ1) is 87.1. The topological polar surface area (TPSA) is 149 Å². The van der Waals surface area contributed by atoms with Crippen molar-refractivity contribution in [2.75, 3.05) is 13.2 Å². The van der Waals surface area contributed by atoms with E-state index < -0.39 is 49.5 Å². The average molecular weight is 1290 g/mol. The Morgan fingerprint density at radius 2 is 0.685 bits per heavy atom. The first-order valence-corrected chi connectivity index (χ1v) is 39.5. The summed E-state index contributed by atoms with van der Waals surface area (Å²) < 4.78 is 11.3. The number of allylic oxidation sites excluding steroid dienone is 15. The summed E-state index contributed by atoms with van der Waals surface area (Å²) in [5.74, 6) is -0.182. The highest BCUT2D eigenvalue weighted by Crippen LogP contribution is 2.24. The van der Waals surface area contributed by atoms with Gasteiger partial charge in [0.25, 0.3) is 0 Å². The molecule has 9 nitrogen and oxygen atoms in total. The van der Waals surface area contributed by atoms with Gasteiger partial charge in [0.1, 0.15) is 24.4 Å². The molecule has 0 aromatic carbocycles. The van der Waals surface area contributed by atoms with Crippen LogP contribution in [-0.4, -0.2) is 87.5 Å². The lowest BCUT2D eigenvalue weighted by atomic mass is 9.99.